The van der Waals surface area contributed by atoms with Gasteiger partial charge in [-0.15, -0.1) is 0 Å². The highest BCUT2D eigenvalue weighted by molar-refractivity contribution is 5.86. The van der Waals surface area contributed by atoms with Crippen LogP contribution in [0, 0.1) is 0 Å². The van der Waals surface area contributed by atoms with Crippen LogP contribution in [-0.2, 0) is 12.7 Å². The molecule has 1 aromatic heterocycles. The fourth-order valence-electron chi connectivity index (χ4n) is 2.89. The standard InChI is InChI=1S/C19H16F3NO3/c1-23(2)10-13-14(24)9-8-12-16(25)15(11-6-4-3-5-7-11)18(19(20,21)22)26-17(12)13/h3-9,24H,10H2,1-2H3/p+1. The molecule has 0 saturated heterocycles. The fourth-order valence-corrected chi connectivity index (χ4v) is 2.89. The van der Waals surface area contributed by atoms with E-state index in [1.165, 1.54) is 24.3 Å². The quantitative estimate of drug-likeness (QED) is 0.752. The molecule has 0 saturated carbocycles. The maximum absolute atomic E-state index is 13.6. The molecule has 0 aliphatic heterocycles. The highest BCUT2D eigenvalue weighted by Gasteiger charge is 2.39. The zero-order valence-corrected chi connectivity index (χ0v) is 14.1. The number of fused-ring (bicyclic) bond motifs is 1. The summed E-state index contributed by atoms with van der Waals surface area (Å²) >= 11 is 0. The molecule has 7 heteroatoms. The molecule has 0 atom stereocenters. The van der Waals surface area contributed by atoms with Gasteiger partial charge in [0.05, 0.1) is 30.6 Å². The van der Waals surface area contributed by atoms with Crippen molar-refractivity contribution in [3.63, 3.8) is 0 Å². The number of phenols is 1. The molecule has 0 amide bonds. The highest BCUT2D eigenvalue weighted by atomic mass is 19.4. The SMILES string of the molecule is C[NH+](C)Cc1c(O)ccc2c(=O)c(-c3ccccc3)c(C(F)(F)F)oc12. The van der Waals surface area contributed by atoms with Crippen molar-refractivity contribution in [2.75, 3.05) is 14.1 Å². The van der Waals surface area contributed by atoms with Gasteiger partial charge in [0, 0.05) is 0 Å². The van der Waals surface area contributed by atoms with Crippen LogP contribution in [0.3, 0.4) is 0 Å². The largest absolute Gasteiger partial charge is 0.507 e. The van der Waals surface area contributed by atoms with Gasteiger partial charge in [-0.25, -0.2) is 0 Å². The van der Waals surface area contributed by atoms with Gasteiger partial charge in [-0.3, -0.25) is 4.79 Å². The first-order chi connectivity index (χ1) is 12.2. The predicted octanol–water partition coefficient (Wildman–Crippen LogP) is 2.83. The van der Waals surface area contributed by atoms with E-state index in [-0.39, 0.29) is 34.4 Å². The topological polar surface area (TPSA) is 54.9 Å². The third-order valence-corrected chi connectivity index (χ3v) is 3.99. The first kappa shape index (κ1) is 18.0. The van der Waals surface area contributed by atoms with Gasteiger partial charge < -0.3 is 14.4 Å². The molecule has 3 aromatic rings. The first-order valence-corrected chi connectivity index (χ1v) is 7.93. The van der Waals surface area contributed by atoms with Gasteiger partial charge in [0.2, 0.25) is 11.2 Å². The Hall–Kier alpha value is -2.80. The van der Waals surface area contributed by atoms with E-state index in [4.69, 9.17) is 4.42 Å². The van der Waals surface area contributed by atoms with Crippen molar-refractivity contribution in [3.8, 4) is 16.9 Å². The monoisotopic (exact) mass is 364 g/mol. The second kappa shape index (κ2) is 6.49. The number of hydrogen-bond acceptors (Lipinski definition) is 3. The number of phenolic OH excluding ortho intramolecular Hbond substituents is 1. The zero-order valence-electron chi connectivity index (χ0n) is 14.1. The molecule has 136 valence electrons. The van der Waals surface area contributed by atoms with Gasteiger partial charge in [-0.2, -0.15) is 13.2 Å². The Kier molecular flexibility index (Phi) is 4.50. The minimum absolute atomic E-state index is 0.00547. The second-order valence-electron chi connectivity index (χ2n) is 6.32. The lowest BCUT2D eigenvalue weighted by Crippen LogP contribution is -3.04. The molecule has 26 heavy (non-hydrogen) atoms. The summed E-state index contributed by atoms with van der Waals surface area (Å²) in [5.74, 6) is -1.57. The van der Waals surface area contributed by atoms with E-state index in [0.29, 0.717) is 0 Å². The Labute approximate surface area is 147 Å². The number of aromatic hydroxyl groups is 1. The molecule has 3 rings (SSSR count). The summed E-state index contributed by atoms with van der Waals surface area (Å²) in [5.41, 5.74) is -1.24. The number of alkyl halides is 3. The van der Waals surface area contributed by atoms with Gasteiger partial charge in [-0.1, -0.05) is 30.3 Å². The number of benzene rings is 2. The van der Waals surface area contributed by atoms with E-state index in [1.807, 2.05) is 0 Å². The molecular formula is C19H17F3NO3+. The molecular weight excluding hydrogens is 347 g/mol. The normalized spacial score (nSPS) is 12.1. The average Bonchev–Trinajstić information content (AvgIpc) is 2.57. The van der Waals surface area contributed by atoms with Crippen LogP contribution in [0.5, 0.6) is 5.75 Å². The first-order valence-electron chi connectivity index (χ1n) is 7.93. The van der Waals surface area contributed by atoms with Crippen LogP contribution in [0.4, 0.5) is 13.2 Å². The van der Waals surface area contributed by atoms with Crippen molar-refractivity contribution in [1.29, 1.82) is 0 Å². The van der Waals surface area contributed by atoms with E-state index in [0.717, 1.165) is 4.90 Å². The number of halogens is 3. The van der Waals surface area contributed by atoms with Gasteiger partial charge in [0.25, 0.3) is 0 Å². The van der Waals surface area contributed by atoms with E-state index in [9.17, 15) is 23.1 Å². The van der Waals surface area contributed by atoms with Crippen LogP contribution >= 0.6 is 0 Å². The highest BCUT2D eigenvalue weighted by Crippen LogP contribution is 2.38. The molecule has 2 aromatic carbocycles. The molecule has 0 fully saturated rings. The van der Waals surface area contributed by atoms with E-state index >= 15 is 0 Å². The van der Waals surface area contributed by atoms with Crippen LogP contribution in [0.1, 0.15) is 11.3 Å². The molecule has 2 N–H and O–H groups in total. The number of rotatable bonds is 3. The Bertz CT molecular complexity index is 1010. The van der Waals surface area contributed by atoms with Crippen molar-refractivity contribution < 1.29 is 27.6 Å². The van der Waals surface area contributed by atoms with Crippen molar-refractivity contribution in [2.24, 2.45) is 0 Å². The minimum Gasteiger partial charge on any atom is -0.507 e. The summed E-state index contributed by atoms with van der Waals surface area (Å²) in [6.45, 7) is 0.202. The average molecular weight is 364 g/mol. The van der Waals surface area contributed by atoms with Crippen LogP contribution < -0.4 is 10.3 Å². The second-order valence-corrected chi connectivity index (χ2v) is 6.32. The van der Waals surface area contributed by atoms with Gasteiger partial charge in [0.15, 0.2) is 5.58 Å². The van der Waals surface area contributed by atoms with Crippen LogP contribution in [0.2, 0.25) is 0 Å². The lowest BCUT2D eigenvalue weighted by Gasteiger charge is -2.15. The number of quaternary nitrogens is 1. The fraction of sp³-hybridized carbons (Fsp3) is 0.211. The number of hydrogen-bond donors (Lipinski definition) is 2. The maximum Gasteiger partial charge on any atom is 0.450 e. The molecule has 0 aliphatic rings. The van der Waals surface area contributed by atoms with Crippen molar-refractivity contribution in [3.05, 3.63) is 64.0 Å². The summed E-state index contributed by atoms with van der Waals surface area (Å²) < 4.78 is 46.1. The Morgan fingerprint density at radius 1 is 1.08 bits per heavy atom. The smallest absolute Gasteiger partial charge is 0.450 e. The molecule has 0 bridgehead atoms. The summed E-state index contributed by atoms with van der Waals surface area (Å²) in [6, 6.07) is 10.2. The van der Waals surface area contributed by atoms with E-state index < -0.39 is 22.9 Å². The van der Waals surface area contributed by atoms with Crippen LogP contribution in [0.15, 0.2) is 51.7 Å². The van der Waals surface area contributed by atoms with Crippen molar-refractivity contribution in [2.45, 2.75) is 12.7 Å². The van der Waals surface area contributed by atoms with Crippen molar-refractivity contribution >= 4 is 11.0 Å². The summed E-state index contributed by atoms with van der Waals surface area (Å²) in [5, 5.41) is 10.1. The number of nitrogens with one attached hydrogen (secondary N) is 1. The lowest BCUT2D eigenvalue weighted by atomic mass is 10.00. The predicted molar refractivity (Wildman–Crippen MR) is 91.1 cm³/mol. The van der Waals surface area contributed by atoms with Crippen LogP contribution in [-0.4, -0.2) is 19.2 Å². The van der Waals surface area contributed by atoms with Gasteiger partial charge in [0.1, 0.15) is 12.3 Å². The van der Waals surface area contributed by atoms with E-state index in [2.05, 4.69) is 0 Å². The minimum atomic E-state index is -4.85. The summed E-state index contributed by atoms with van der Waals surface area (Å²) in [4.78, 5) is 13.8. The molecule has 0 radical (unpaired) electrons. The molecule has 4 nitrogen and oxygen atoms in total. The Morgan fingerprint density at radius 2 is 1.73 bits per heavy atom. The van der Waals surface area contributed by atoms with Gasteiger partial charge in [-0.05, 0) is 17.7 Å². The van der Waals surface area contributed by atoms with E-state index in [1.54, 1.807) is 32.3 Å². The maximum atomic E-state index is 13.6. The molecule has 1 heterocycles. The zero-order chi connectivity index (χ0) is 19.1. The van der Waals surface area contributed by atoms with Crippen LogP contribution in [0.25, 0.3) is 22.1 Å². The molecule has 0 spiro atoms. The Balaban J connectivity index is 2.45. The van der Waals surface area contributed by atoms with Crippen molar-refractivity contribution in [1.82, 2.24) is 0 Å². The summed E-state index contributed by atoms with van der Waals surface area (Å²) in [6.07, 6.45) is -4.85. The molecule has 0 unspecified atom stereocenters. The molecule has 0 aliphatic carbocycles. The third-order valence-electron chi connectivity index (χ3n) is 3.99. The third kappa shape index (κ3) is 3.17. The van der Waals surface area contributed by atoms with Gasteiger partial charge >= 0.3 is 6.18 Å². The lowest BCUT2D eigenvalue weighted by molar-refractivity contribution is -0.872. The summed E-state index contributed by atoms with van der Waals surface area (Å²) in [7, 11) is 3.55. The Morgan fingerprint density at radius 3 is 2.31 bits per heavy atom.